The molecule has 110 valence electrons. The van der Waals surface area contributed by atoms with E-state index in [1.165, 1.54) is 11.8 Å². The van der Waals surface area contributed by atoms with Gasteiger partial charge in [-0.2, -0.15) is 13.2 Å². The molecule has 20 heavy (non-hydrogen) atoms. The molecule has 0 spiro atoms. The first-order chi connectivity index (χ1) is 9.42. The molecule has 1 aliphatic rings. The van der Waals surface area contributed by atoms with Crippen molar-refractivity contribution >= 4 is 17.7 Å². The van der Waals surface area contributed by atoms with E-state index in [1.54, 1.807) is 31.2 Å². The zero-order valence-corrected chi connectivity index (χ0v) is 11.6. The summed E-state index contributed by atoms with van der Waals surface area (Å²) in [6, 6.07) is 6.88. The number of rotatable bonds is 4. The van der Waals surface area contributed by atoms with Gasteiger partial charge in [0.1, 0.15) is 17.7 Å². The fraction of sp³-hybridized carbons (Fsp3) is 0.462. The molecule has 1 fully saturated rings. The van der Waals surface area contributed by atoms with Crippen molar-refractivity contribution in [2.45, 2.75) is 18.5 Å². The van der Waals surface area contributed by atoms with Crippen LogP contribution in [-0.2, 0) is 4.79 Å². The molecule has 7 heteroatoms. The minimum Gasteiger partial charge on any atom is -0.493 e. The van der Waals surface area contributed by atoms with E-state index in [4.69, 9.17) is 4.74 Å². The van der Waals surface area contributed by atoms with Crippen molar-refractivity contribution in [2.24, 2.45) is 0 Å². The SMILES string of the molecule is CCOc1ccccc1C1SCC(=O)N1CC(F)(F)F. The van der Waals surface area contributed by atoms with Gasteiger partial charge in [0, 0.05) is 5.56 Å². The second-order valence-corrected chi connectivity index (χ2v) is 5.34. The van der Waals surface area contributed by atoms with Gasteiger partial charge in [0.05, 0.1) is 12.4 Å². The van der Waals surface area contributed by atoms with E-state index in [2.05, 4.69) is 0 Å². The maximum Gasteiger partial charge on any atom is 0.406 e. The highest BCUT2D eigenvalue weighted by Crippen LogP contribution is 2.43. The van der Waals surface area contributed by atoms with Gasteiger partial charge in [-0.05, 0) is 13.0 Å². The Morgan fingerprint density at radius 1 is 1.40 bits per heavy atom. The van der Waals surface area contributed by atoms with Gasteiger partial charge in [0.2, 0.25) is 5.91 Å². The molecule has 0 aromatic heterocycles. The van der Waals surface area contributed by atoms with Crippen LogP contribution in [0, 0.1) is 0 Å². The lowest BCUT2D eigenvalue weighted by molar-refractivity contribution is -0.159. The van der Waals surface area contributed by atoms with Crippen molar-refractivity contribution in [1.29, 1.82) is 0 Å². The molecule has 0 N–H and O–H groups in total. The van der Waals surface area contributed by atoms with Gasteiger partial charge >= 0.3 is 6.18 Å². The summed E-state index contributed by atoms with van der Waals surface area (Å²) in [5.41, 5.74) is 0.606. The number of ether oxygens (including phenoxy) is 1. The van der Waals surface area contributed by atoms with Gasteiger partial charge in [-0.15, -0.1) is 11.8 Å². The quantitative estimate of drug-likeness (QED) is 0.855. The molecule has 1 unspecified atom stereocenters. The van der Waals surface area contributed by atoms with Crippen LogP contribution in [0.1, 0.15) is 17.9 Å². The normalized spacial score (nSPS) is 19.5. The maximum absolute atomic E-state index is 12.6. The Kier molecular flexibility index (Phi) is 4.47. The summed E-state index contributed by atoms with van der Waals surface area (Å²) < 4.78 is 43.2. The second-order valence-electron chi connectivity index (χ2n) is 4.27. The highest BCUT2D eigenvalue weighted by atomic mass is 32.2. The Labute approximate surface area is 119 Å². The standard InChI is InChI=1S/C13H14F3NO2S/c1-2-19-10-6-4-3-5-9(10)12-17(8-13(14,15)16)11(18)7-20-12/h3-6,12H,2,7-8H2,1H3. The zero-order chi connectivity index (χ0) is 14.8. The van der Waals surface area contributed by atoms with E-state index in [-0.39, 0.29) is 5.75 Å². The summed E-state index contributed by atoms with van der Waals surface area (Å²) in [4.78, 5) is 12.5. The van der Waals surface area contributed by atoms with Crippen LogP contribution in [0.4, 0.5) is 13.2 Å². The van der Waals surface area contributed by atoms with Gasteiger partial charge in [0.15, 0.2) is 0 Å². The van der Waals surface area contributed by atoms with E-state index >= 15 is 0 Å². The molecule has 1 aromatic carbocycles. The molecule has 1 amide bonds. The third-order valence-corrected chi connectivity index (χ3v) is 4.04. The minimum atomic E-state index is -4.40. The van der Waals surface area contributed by atoms with Crippen LogP contribution in [-0.4, -0.2) is 35.9 Å². The Hall–Kier alpha value is -1.37. The Morgan fingerprint density at radius 3 is 2.75 bits per heavy atom. The maximum atomic E-state index is 12.6. The molecular formula is C13H14F3NO2S. The van der Waals surface area contributed by atoms with Crippen LogP contribution < -0.4 is 4.74 Å². The van der Waals surface area contributed by atoms with Crippen molar-refractivity contribution in [1.82, 2.24) is 4.90 Å². The van der Waals surface area contributed by atoms with Crippen molar-refractivity contribution in [2.75, 3.05) is 18.9 Å². The van der Waals surface area contributed by atoms with Gasteiger partial charge in [-0.25, -0.2) is 0 Å². The fourth-order valence-electron chi connectivity index (χ4n) is 2.05. The van der Waals surface area contributed by atoms with Crippen LogP contribution >= 0.6 is 11.8 Å². The predicted molar refractivity (Wildman–Crippen MR) is 70.6 cm³/mol. The van der Waals surface area contributed by atoms with E-state index in [9.17, 15) is 18.0 Å². The lowest BCUT2D eigenvalue weighted by atomic mass is 10.2. The number of para-hydroxylation sites is 1. The Bertz CT molecular complexity index is 493. The Balaban J connectivity index is 2.28. The average molecular weight is 305 g/mol. The molecule has 0 bridgehead atoms. The van der Waals surface area contributed by atoms with Crippen LogP contribution in [0.15, 0.2) is 24.3 Å². The van der Waals surface area contributed by atoms with Gasteiger partial charge in [-0.1, -0.05) is 18.2 Å². The Morgan fingerprint density at radius 2 is 2.10 bits per heavy atom. The topological polar surface area (TPSA) is 29.5 Å². The van der Waals surface area contributed by atoms with E-state index in [0.717, 1.165) is 4.90 Å². The number of hydrogen-bond acceptors (Lipinski definition) is 3. The van der Waals surface area contributed by atoms with Crippen LogP contribution in [0.2, 0.25) is 0 Å². The lowest BCUT2D eigenvalue weighted by Gasteiger charge is -2.26. The largest absolute Gasteiger partial charge is 0.493 e. The minimum absolute atomic E-state index is 0.0568. The van der Waals surface area contributed by atoms with E-state index in [0.29, 0.717) is 17.9 Å². The number of carbonyl (C=O) groups excluding carboxylic acids is 1. The molecular weight excluding hydrogens is 291 g/mol. The molecule has 2 rings (SSSR count). The fourth-order valence-corrected chi connectivity index (χ4v) is 3.26. The van der Waals surface area contributed by atoms with Crippen molar-refractivity contribution < 1.29 is 22.7 Å². The van der Waals surface area contributed by atoms with E-state index in [1.807, 2.05) is 0 Å². The first kappa shape index (κ1) is 15.0. The number of halogens is 3. The zero-order valence-electron chi connectivity index (χ0n) is 10.8. The number of thioether (sulfide) groups is 1. The molecule has 1 atom stereocenters. The molecule has 0 aliphatic carbocycles. The molecule has 3 nitrogen and oxygen atoms in total. The summed E-state index contributed by atoms with van der Waals surface area (Å²) in [6.07, 6.45) is -4.40. The van der Waals surface area contributed by atoms with Crippen LogP contribution in [0.5, 0.6) is 5.75 Å². The molecule has 1 aliphatic heterocycles. The lowest BCUT2D eigenvalue weighted by Crippen LogP contribution is -2.37. The molecule has 0 radical (unpaired) electrons. The van der Waals surface area contributed by atoms with E-state index < -0.39 is 24.0 Å². The molecule has 1 saturated heterocycles. The van der Waals surface area contributed by atoms with Crippen LogP contribution in [0.3, 0.4) is 0 Å². The second kappa shape index (κ2) is 5.95. The monoisotopic (exact) mass is 305 g/mol. The summed E-state index contributed by atoms with van der Waals surface area (Å²) in [6.45, 7) is 0.989. The highest BCUT2D eigenvalue weighted by molar-refractivity contribution is 8.00. The van der Waals surface area contributed by atoms with Gasteiger partial charge < -0.3 is 9.64 Å². The molecule has 1 heterocycles. The van der Waals surface area contributed by atoms with Gasteiger partial charge in [0.25, 0.3) is 0 Å². The predicted octanol–water partition coefficient (Wildman–Crippen LogP) is 3.22. The first-order valence-electron chi connectivity index (χ1n) is 6.12. The number of nitrogens with zero attached hydrogens (tertiary/aromatic N) is 1. The third-order valence-electron chi connectivity index (χ3n) is 2.80. The van der Waals surface area contributed by atoms with Crippen LogP contribution in [0.25, 0.3) is 0 Å². The summed E-state index contributed by atoms with van der Waals surface area (Å²) in [5.74, 6) is 0.0827. The average Bonchev–Trinajstić information content (AvgIpc) is 2.70. The summed E-state index contributed by atoms with van der Waals surface area (Å²) in [7, 11) is 0. The van der Waals surface area contributed by atoms with Crippen molar-refractivity contribution in [3.63, 3.8) is 0 Å². The smallest absolute Gasteiger partial charge is 0.406 e. The number of hydrogen-bond donors (Lipinski definition) is 0. The number of amides is 1. The first-order valence-corrected chi connectivity index (χ1v) is 7.17. The summed E-state index contributed by atoms with van der Waals surface area (Å²) in [5, 5.41) is -0.646. The number of alkyl halides is 3. The van der Waals surface area contributed by atoms with Crippen molar-refractivity contribution in [3.8, 4) is 5.75 Å². The molecule has 0 saturated carbocycles. The highest BCUT2D eigenvalue weighted by Gasteiger charge is 2.41. The van der Waals surface area contributed by atoms with Gasteiger partial charge in [-0.3, -0.25) is 4.79 Å². The van der Waals surface area contributed by atoms with Crippen molar-refractivity contribution in [3.05, 3.63) is 29.8 Å². The third kappa shape index (κ3) is 3.39. The number of carbonyl (C=O) groups is 1. The number of benzene rings is 1. The summed E-state index contributed by atoms with van der Waals surface area (Å²) >= 11 is 1.19. The molecule has 1 aromatic rings.